The number of amides is 1. The SMILES string of the molecule is NC(=O)[SiH2]O[SiH3]. The van der Waals surface area contributed by atoms with Crippen molar-refractivity contribution in [1.82, 2.24) is 0 Å². The zero-order valence-electron chi connectivity index (χ0n) is 3.60. The second kappa shape index (κ2) is 3.07. The van der Waals surface area contributed by atoms with Gasteiger partial charge in [-0.15, -0.1) is 0 Å². The molecule has 3 nitrogen and oxygen atoms in total. The molecule has 0 aliphatic rings. The largest absolute Gasteiger partial charge is 0.461 e. The van der Waals surface area contributed by atoms with E-state index in [4.69, 9.17) is 5.73 Å². The van der Waals surface area contributed by atoms with Gasteiger partial charge in [-0.2, -0.15) is 0 Å². The molecule has 0 aromatic rings. The fourth-order valence-electron chi connectivity index (χ4n) is 0.142. The summed E-state index contributed by atoms with van der Waals surface area (Å²) in [4.78, 5) is 9.78. The van der Waals surface area contributed by atoms with Gasteiger partial charge in [-0.25, -0.2) is 0 Å². The Bertz CT molecular complexity index is 55.5. The zero-order chi connectivity index (χ0) is 4.99. The van der Waals surface area contributed by atoms with Gasteiger partial charge in [0.05, 0.1) is 0 Å². The first-order valence-electron chi connectivity index (χ1n) is 1.54. The molecule has 0 spiro atoms. The fourth-order valence-corrected chi connectivity index (χ4v) is 1.28. The fraction of sp³-hybridized carbons (Fsp3) is 0. The predicted molar refractivity (Wildman–Crippen MR) is 29.2 cm³/mol. The van der Waals surface area contributed by atoms with Gasteiger partial charge in [0.1, 0.15) is 10.5 Å². The molecule has 0 bridgehead atoms. The van der Waals surface area contributed by atoms with Gasteiger partial charge < -0.3 is 9.85 Å². The molecule has 0 saturated heterocycles. The van der Waals surface area contributed by atoms with Crippen LogP contribution in [0.15, 0.2) is 0 Å². The maximum Gasteiger partial charge on any atom is 0.249 e. The Hall–Kier alpha value is -0.136. The van der Waals surface area contributed by atoms with Crippen LogP contribution in [0.5, 0.6) is 0 Å². The van der Waals surface area contributed by atoms with E-state index in [1.54, 1.807) is 0 Å². The smallest absolute Gasteiger partial charge is 0.249 e. The Morgan fingerprint density at radius 3 is 2.50 bits per heavy atom. The van der Waals surface area contributed by atoms with E-state index in [1.165, 1.54) is 0 Å². The standard InChI is InChI=1S/CH7NO2Si2/c2-1(3)6-4-5/h6H2,5H3,(H2,2,3). The lowest BCUT2D eigenvalue weighted by Gasteiger charge is -1.84. The van der Waals surface area contributed by atoms with Crippen LogP contribution in [0.4, 0.5) is 4.79 Å². The summed E-state index contributed by atoms with van der Waals surface area (Å²) in [6.45, 7) is 0. The highest BCUT2D eigenvalue weighted by Gasteiger charge is 1.86. The Morgan fingerprint density at radius 1 is 2.00 bits per heavy atom. The quantitative estimate of drug-likeness (QED) is 0.409. The highest BCUT2D eigenvalue weighted by Crippen LogP contribution is 1.55. The first-order chi connectivity index (χ1) is 2.77. The van der Waals surface area contributed by atoms with Gasteiger partial charge in [-0.1, -0.05) is 0 Å². The summed E-state index contributed by atoms with van der Waals surface area (Å²) >= 11 is 0. The molecule has 0 fully saturated rings. The van der Waals surface area contributed by atoms with Crippen molar-refractivity contribution >= 4 is 25.8 Å². The zero-order valence-corrected chi connectivity index (χ0v) is 7.02. The molecule has 0 unspecified atom stereocenters. The number of carbonyl (C=O) groups is 1. The molecule has 0 aliphatic heterocycles. The molecule has 0 heterocycles. The summed E-state index contributed by atoms with van der Waals surface area (Å²) in [7, 11) is -0.295. The van der Waals surface area contributed by atoms with Gasteiger partial charge in [0.25, 0.3) is 0 Å². The number of primary amides is 1. The van der Waals surface area contributed by atoms with Crippen LogP contribution in [0.25, 0.3) is 0 Å². The number of carbonyl (C=O) groups excluding carboxylic acids is 1. The van der Waals surface area contributed by atoms with Crippen molar-refractivity contribution in [3.63, 3.8) is 0 Å². The van der Waals surface area contributed by atoms with Crippen molar-refractivity contribution in [2.75, 3.05) is 0 Å². The molecule has 5 heteroatoms. The highest BCUT2D eigenvalue weighted by atomic mass is 28.3. The molecule has 36 valence electrons. The average molecular weight is 121 g/mol. The van der Waals surface area contributed by atoms with Crippen LogP contribution in [0.1, 0.15) is 0 Å². The van der Waals surface area contributed by atoms with Crippen molar-refractivity contribution in [2.45, 2.75) is 0 Å². The third-order valence-corrected chi connectivity index (χ3v) is 1.73. The predicted octanol–water partition coefficient (Wildman–Crippen LogP) is -2.55. The minimum Gasteiger partial charge on any atom is -0.461 e. The van der Waals surface area contributed by atoms with Crippen molar-refractivity contribution < 1.29 is 8.91 Å². The molecule has 0 rings (SSSR count). The van der Waals surface area contributed by atoms with Crippen LogP contribution in [-0.2, 0) is 4.12 Å². The van der Waals surface area contributed by atoms with Gasteiger partial charge in [0, 0.05) is 0 Å². The Kier molecular flexibility index (Phi) is 3.00. The van der Waals surface area contributed by atoms with Crippen molar-refractivity contribution in [3.8, 4) is 0 Å². The molecule has 0 aliphatic carbocycles. The first kappa shape index (κ1) is 5.86. The molecule has 0 aromatic carbocycles. The molecule has 1 amide bonds. The lowest BCUT2D eigenvalue weighted by molar-refractivity contribution is 0.264. The number of rotatable bonds is 2. The second-order valence-corrected chi connectivity index (χ2v) is 4.19. The Morgan fingerprint density at radius 2 is 2.50 bits per heavy atom. The van der Waals surface area contributed by atoms with Gasteiger partial charge >= 0.3 is 0 Å². The lowest BCUT2D eigenvalue weighted by atomic mass is 11.4. The van der Waals surface area contributed by atoms with Gasteiger partial charge in [0.2, 0.25) is 15.3 Å². The van der Waals surface area contributed by atoms with E-state index < -0.39 is 9.76 Å². The summed E-state index contributed by atoms with van der Waals surface area (Å²) in [5.41, 5.74) is 4.46. The molecular formula is CH7NO2Si2. The summed E-state index contributed by atoms with van der Waals surface area (Å²) in [6, 6.07) is 0. The third kappa shape index (κ3) is 3.86. The first-order valence-corrected chi connectivity index (χ1v) is 3.64. The molecule has 2 N–H and O–H groups in total. The number of hydrogen-bond donors (Lipinski definition) is 1. The average Bonchev–Trinajstić information content (AvgIpc) is 1.35. The van der Waals surface area contributed by atoms with E-state index in [0.29, 0.717) is 10.5 Å². The summed E-state index contributed by atoms with van der Waals surface area (Å²) in [5, 5.41) is 0. The minimum absolute atomic E-state index is 0.259. The van der Waals surface area contributed by atoms with Crippen molar-refractivity contribution in [3.05, 3.63) is 0 Å². The lowest BCUT2D eigenvalue weighted by Crippen LogP contribution is -2.18. The van der Waals surface area contributed by atoms with Crippen LogP contribution >= 0.6 is 0 Å². The maximum absolute atomic E-state index is 9.78. The number of nitrogens with two attached hydrogens (primary N) is 1. The van der Waals surface area contributed by atoms with Crippen LogP contribution in [0, 0.1) is 0 Å². The van der Waals surface area contributed by atoms with Crippen molar-refractivity contribution in [1.29, 1.82) is 0 Å². The number of hydrogen-bond acceptors (Lipinski definition) is 2. The van der Waals surface area contributed by atoms with Crippen LogP contribution < -0.4 is 5.73 Å². The summed E-state index contributed by atoms with van der Waals surface area (Å²) < 4.78 is 4.61. The Balaban J connectivity index is 2.83. The molecule has 0 saturated carbocycles. The van der Waals surface area contributed by atoms with E-state index in [9.17, 15) is 4.79 Å². The molecule has 0 atom stereocenters. The molecule has 6 heavy (non-hydrogen) atoms. The second-order valence-electron chi connectivity index (χ2n) is 0.899. The highest BCUT2D eigenvalue weighted by molar-refractivity contribution is 6.70. The summed E-state index contributed by atoms with van der Waals surface area (Å²) in [6.07, 6.45) is 0. The van der Waals surface area contributed by atoms with Gasteiger partial charge in [-0.3, -0.25) is 4.79 Å². The topological polar surface area (TPSA) is 52.3 Å². The molecular weight excluding hydrogens is 114 g/mol. The summed E-state index contributed by atoms with van der Waals surface area (Å²) in [5.74, 6) is 0. The minimum atomic E-state index is -0.943. The normalized spacial score (nSPS) is 10.7. The van der Waals surface area contributed by atoms with E-state index in [0.717, 1.165) is 0 Å². The molecule has 0 aromatic heterocycles. The van der Waals surface area contributed by atoms with E-state index in [2.05, 4.69) is 4.12 Å². The van der Waals surface area contributed by atoms with Crippen LogP contribution in [0.3, 0.4) is 0 Å². The monoisotopic (exact) mass is 121 g/mol. The van der Waals surface area contributed by atoms with Crippen LogP contribution in [-0.4, -0.2) is 25.8 Å². The van der Waals surface area contributed by atoms with E-state index in [-0.39, 0.29) is 5.53 Å². The van der Waals surface area contributed by atoms with Crippen molar-refractivity contribution in [2.24, 2.45) is 5.73 Å². The third-order valence-electron chi connectivity index (χ3n) is 0.287. The van der Waals surface area contributed by atoms with Crippen LogP contribution in [0.2, 0.25) is 0 Å². The van der Waals surface area contributed by atoms with Gasteiger partial charge in [-0.05, 0) is 0 Å². The van der Waals surface area contributed by atoms with E-state index >= 15 is 0 Å². The maximum atomic E-state index is 9.78. The van der Waals surface area contributed by atoms with Gasteiger partial charge in [0.15, 0.2) is 0 Å². The van der Waals surface area contributed by atoms with E-state index in [1.807, 2.05) is 0 Å². The molecule has 0 radical (unpaired) electrons. The Labute approximate surface area is 41.3 Å².